The maximum atomic E-state index is 14.0. The zero-order valence-electron chi connectivity index (χ0n) is 14.7. The minimum absolute atomic E-state index is 0.0790. The van der Waals surface area contributed by atoms with Crippen molar-refractivity contribution < 1.29 is 18.7 Å². The Bertz CT molecular complexity index is 841. The first-order chi connectivity index (χ1) is 13.1. The van der Waals surface area contributed by atoms with Gasteiger partial charge in [-0.3, -0.25) is 4.90 Å². The molecule has 0 bridgehead atoms. The number of rotatable bonds is 9. The number of hydrogen-bond acceptors (Lipinski definition) is 4. The maximum Gasteiger partial charge on any atom is 0.138 e. The first-order valence-electron chi connectivity index (χ1n) is 8.65. The monoisotopic (exact) mass is 389 g/mol. The van der Waals surface area contributed by atoms with Gasteiger partial charge in [-0.05, 0) is 30.3 Å². The standard InChI is InChI=1S/C21H21ClFNO3/c22-19-8-2-4-10-21(19)27-15-17(25)13-24(14-18-7-5-11-26-18)12-16-6-1-3-9-20(16)23/h1-11,17,25H,12-15H2. The number of benzene rings is 2. The Morgan fingerprint density at radius 1 is 1.04 bits per heavy atom. The molecule has 0 fully saturated rings. The lowest BCUT2D eigenvalue weighted by Gasteiger charge is -2.24. The molecular weight excluding hydrogens is 369 g/mol. The van der Waals surface area contributed by atoms with E-state index in [1.807, 2.05) is 23.1 Å². The van der Waals surface area contributed by atoms with Crippen LogP contribution in [0.1, 0.15) is 11.3 Å². The second kappa shape index (κ2) is 9.55. The van der Waals surface area contributed by atoms with Gasteiger partial charge in [-0.2, -0.15) is 0 Å². The molecule has 0 amide bonds. The van der Waals surface area contributed by atoms with Crippen LogP contribution in [0.3, 0.4) is 0 Å². The zero-order chi connectivity index (χ0) is 19.1. The van der Waals surface area contributed by atoms with E-state index in [0.717, 1.165) is 5.76 Å². The van der Waals surface area contributed by atoms with Crippen LogP contribution in [0.15, 0.2) is 71.3 Å². The molecule has 1 atom stereocenters. The minimum atomic E-state index is -0.775. The van der Waals surface area contributed by atoms with Gasteiger partial charge < -0.3 is 14.3 Å². The number of aliphatic hydroxyl groups excluding tert-OH is 1. The summed E-state index contributed by atoms with van der Waals surface area (Å²) in [5.74, 6) is 0.985. The van der Waals surface area contributed by atoms with E-state index in [1.165, 1.54) is 6.07 Å². The molecule has 3 rings (SSSR count). The van der Waals surface area contributed by atoms with E-state index >= 15 is 0 Å². The van der Waals surface area contributed by atoms with Crippen molar-refractivity contribution in [1.29, 1.82) is 0 Å². The summed E-state index contributed by atoms with van der Waals surface area (Å²) < 4.78 is 25.0. The summed E-state index contributed by atoms with van der Waals surface area (Å²) in [7, 11) is 0. The van der Waals surface area contributed by atoms with Crippen molar-refractivity contribution in [3.8, 4) is 5.75 Å². The van der Waals surface area contributed by atoms with E-state index < -0.39 is 6.10 Å². The first-order valence-corrected chi connectivity index (χ1v) is 9.03. The van der Waals surface area contributed by atoms with E-state index in [4.69, 9.17) is 20.8 Å². The molecule has 3 aromatic rings. The number of para-hydroxylation sites is 1. The summed E-state index contributed by atoms with van der Waals surface area (Å²) >= 11 is 6.06. The van der Waals surface area contributed by atoms with Crippen LogP contribution in [0, 0.1) is 5.82 Å². The minimum Gasteiger partial charge on any atom is -0.489 e. The quantitative estimate of drug-likeness (QED) is 0.584. The van der Waals surface area contributed by atoms with Crippen LogP contribution in [0.5, 0.6) is 5.75 Å². The Morgan fingerprint density at radius 2 is 1.81 bits per heavy atom. The highest BCUT2D eigenvalue weighted by Crippen LogP contribution is 2.23. The largest absolute Gasteiger partial charge is 0.489 e. The Hall–Kier alpha value is -2.34. The molecule has 1 N–H and O–H groups in total. The third kappa shape index (κ3) is 5.82. The highest BCUT2D eigenvalue weighted by atomic mass is 35.5. The lowest BCUT2D eigenvalue weighted by atomic mass is 10.2. The van der Waals surface area contributed by atoms with Crippen molar-refractivity contribution in [2.75, 3.05) is 13.2 Å². The Labute approximate surface area is 162 Å². The van der Waals surface area contributed by atoms with Gasteiger partial charge in [-0.1, -0.05) is 41.9 Å². The van der Waals surface area contributed by atoms with Gasteiger partial charge in [-0.15, -0.1) is 0 Å². The van der Waals surface area contributed by atoms with Gasteiger partial charge in [-0.25, -0.2) is 4.39 Å². The normalized spacial score (nSPS) is 12.3. The Morgan fingerprint density at radius 3 is 2.56 bits per heavy atom. The van der Waals surface area contributed by atoms with Gasteiger partial charge in [0, 0.05) is 18.7 Å². The van der Waals surface area contributed by atoms with Crippen LogP contribution in [0.25, 0.3) is 0 Å². The van der Waals surface area contributed by atoms with Gasteiger partial charge in [0.05, 0.1) is 17.8 Å². The number of furan rings is 1. The summed E-state index contributed by atoms with van der Waals surface area (Å²) in [6.07, 6.45) is 0.816. The molecule has 0 radical (unpaired) electrons. The van der Waals surface area contributed by atoms with Gasteiger partial charge in [0.2, 0.25) is 0 Å². The molecular formula is C21H21ClFNO3. The van der Waals surface area contributed by atoms with Crippen molar-refractivity contribution >= 4 is 11.6 Å². The maximum absolute atomic E-state index is 14.0. The van der Waals surface area contributed by atoms with E-state index in [-0.39, 0.29) is 12.4 Å². The van der Waals surface area contributed by atoms with Crippen LogP contribution < -0.4 is 4.74 Å². The number of nitrogens with zero attached hydrogens (tertiary/aromatic N) is 1. The number of halogens is 2. The fourth-order valence-electron chi connectivity index (χ4n) is 2.77. The number of aliphatic hydroxyl groups is 1. The van der Waals surface area contributed by atoms with Gasteiger partial charge in [0.25, 0.3) is 0 Å². The Kier molecular flexibility index (Phi) is 6.87. The summed E-state index contributed by atoms with van der Waals surface area (Å²) in [4.78, 5) is 1.91. The van der Waals surface area contributed by atoms with Crippen LogP contribution in [-0.2, 0) is 13.1 Å². The molecule has 0 saturated heterocycles. The average molecular weight is 390 g/mol. The van der Waals surface area contributed by atoms with E-state index in [0.29, 0.717) is 36.0 Å². The second-order valence-electron chi connectivity index (χ2n) is 6.24. The first kappa shape index (κ1) is 19.4. The lowest BCUT2D eigenvalue weighted by molar-refractivity contribution is 0.0601. The zero-order valence-corrected chi connectivity index (χ0v) is 15.5. The predicted octanol–water partition coefficient (Wildman–Crippen LogP) is 4.51. The van der Waals surface area contributed by atoms with Crippen LogP contribution in [0.4, 0.5) is 4.39 Å². The molecule has 1 unspecified atom stereocenters. The summed E-state index contributed by atoms with van der Waals surface area (Å²) in [5, 5.41) is 10.9. The fraction of sp³-hybridized carbons (Fsp3) is 0.238. The molecule has 6 heteroatoms. The predicted molar refractivity (Wildman–Crippen MR) is 102 cm³/mol. The highest BCUT2D eigenvalue weighted by molar-refractivity contribution is 6.32. The van der Waals surface area contributed by atoms with Gasteiger partial charge in [0.1, 0.15) is 30.0 Å². The SMILES string of the molecule is OC(COc1ccccc1Cl)CN(Cc1ccco1)Cc1ccccc1F. The molecule has 1 heterocycles. The molecule has 2 aromatic carbocycles. The number of ether oxygens (including phenoxy) is 1. The average Bonchev–Trinajstić information content (AvgIpc) is 3.16. The summed E-state index contributed by atoms with van der Waals surface area (Å²) in [5.41, 5.74) is 0.559. The Balaban J connectivity index is 1.63. The molecule has 0 aliphatic rings. The van der Waals surface area contributed by atoms with Gasteiger partial charge in [0.15, 0.2) is 0 Å². The molecule has 27 heavy (non-hydrogen) atoms. The van der Waals surface area contributed by atoms with Crippen molar-refractivity contribution in [3.05, 3.63) is 89.1 Å². The van der Waals surface area contributed by atoms with Crippen molar-refractivity contribution in [3.63, 3.8) is 0 Å². The third-order valence-corrected chi connectivity index (χ3v) is 4.36. The molecule has 0 saturated carbocycles. The molecule has 0 spiro atoms. The lowest BCUT2D eigenvalue weighted by Crippen LogP contribution is -2.35. The molecule has 0 aliphatic heterocycles. The van der Waals surface area contributed by atoms with Crippen molar-refractivity contribution in [2.45, 2.75) is 19.2 Å². The van der Waals surface area contributed by atoms with Crippen LogP contribution >= 0.6 is 11.6 Å². The van der Waals surface area contributed by atoms with E-state index in [2.05, 4.69) is 0 Å². The molecule has 4 nitrogen and oxygen atoms in total. The van der Waals surface area contributed by atoms with E-state index in [1.54, 1.807) is 42.7 Å². The summed E-state index contributed by atoms with van der Waals surface area (Å²) in [6.45, 7) is 1.16. The fourth-order valence-corrected chi connectivity index (χ4v) is 2.96. The second-order valence-corrected chi connectivity index (χ2v) is 6.64. The highest BCUT2D eigenvalue weighted by Gasteiger charge is 2.17. The van der Waals surface area contributed by atoms with Crippen LogP contribution in [-0.4, -0.2) is 29.3 Å². The molecule has 1 aromatic heterocycles. The number of hydrogen-bond donors (Lipinski definition) is 1. The summed E-state index contributed by atoms with van der Waals surface area (Å²) in [6, 6.07) is 17.4. The van der Waals surface area contributed by atoms with Crippen LogP contribution in [0.2, 0.25) is 5.02 Å². The van der Waals surface area contributed by atoms with Crippen molar-refractivity contribution in [1.82, 2.24) is 4.90 Å². The topological polar surface area (TPSA) is 45.8 Å². The molecule has 0 aliphatic carbocycles. The third-order valence-electron chi connectivity index (χ3n) is 4.05. The van der Waals surface area contributed by atoms with Gasteiger partial charge >= 0.3 is 0 Å². The molecule has 142 valence electrons. The van der Waals surface area contributed by atoms with E-state index in [9.17, 15) is 9.50 Å². The van der Waals surface area contributed by atoms with Crippen molar-refractivity contribution in [2.24, 2.45) is 0 Å². The smallest absolute Gasteiger partial charge is 0.138 e.